The molecule has 0 unspecified atom stereocenters. The first kappa shape index (κ1) is 14.5. The Balaban J connectivity index is 1.88. The molecule has 0 N–H and O–H groups in total. The van der Waals surface area contributed by atoms with Gasteiger partial charge in [0.25, 0.3) is 0 Å². The summed E-state index contributed by atoms with van der Waals surface area (Å²) in [6.07, 6.45) is 5.12. The Bertz CT molecular complexity index is 377. The van der Waals surface area contributed by atoms with Gasteiger partial charge in [-0.2, -0.15) is 0 Å². The van der Waals surface area contributed by atoms with Crippen molar-refractivity contribution >= 4 is 17.5 Å². The van der Waals surface area contributed by atoms with E-state index in [4.69, 9.17) is 11.6 Å². The maximum atomic E-state index is 5.74. The second kappa shape index (κ2) is 7.65. The third-order valence-electron chi connectivity index (χ3n) is 3.47. The van der Waals surface area contributed by atoms with Crippen LogP contribution < -0.4 is 4.90 Å². The zero-order valence-electron chi connectivity index (χ0n) is 11.7. The zero-order valence-corrected chi connectivity index (χ0v) is 12.4. The average molecular weight is 283 g/mol. The Labute approximate surface area is 120 Å². The molecule has 0 saturated carbocycles. The fourth-order valence-electron chi connectivity index (χ4n) is 2.39. The molecule has 0 amide bonds. The fourth-order valence-corrected chi connectivity index (χ4v) is 2.51. The number of piperazine rings is 1. The third kappa shape index (κ3) is 4.32. The number of rotatable bonds is 6. The number of alkyl halides is 1. The molecule has 0 radical (unpaired) electrons. The topological polar surface area (TPSA) is 32.3 Å². The van der Waals surface area contributed by atoms with Crippen molar-refractivity contribution in [2.45, 2.75) is 26.2 Å². The molecule has 0 aromatic carbocycles. The van der Waals surface area contributed by atoms with E-state index in [1.165, 1.54) is 0 Å². The summed E-state index contributed by atoms with van der Waals surface area (Å²) in [7, 11) is 0. The molecule has 1 fully saturated rings. The Morgan fingerprint density at radius 1 is 1.26 bits per heavy atom. The van der Waals surface area contributed by atoms with Gasteiger partial charge in [-0.15, -0.1) is 11.6 Å². The molecule has 1 saturated heterocycles. The zero-order chi connectivity index (χ0) is 13.5. The lowest BCUT2D eigenvalue weighted by Gasteiger charge is -2.34. The largest absolute Gasteiger partial charge is 0.338 e. The van der Waals surface area contributed by atoms with E-state index < -0.39 is 0 Å². The van der Waals surface area contributed by atoms with Crippen molar-refractivity contribution in [2.75, 3.05) is 43.5 Å². The highest BCUT2D eigenvalue weighted by molar-refractivity contribution is 6.17. The van der Waals surface area contributed by atoms with Crippen LogP contribution in [0.25, 0.3) is 0 Å². The van der Waals surface area contributed by atoms with Gasteiger partial charge in [0.15, 0.2) is 0 Å². The minimum atomic E-state index is 0.752. The van der Waals surface area contributed by atoms with Crippen molar-refractivity contribution in [2.24, 2.45) is 0 Å². The smallest absolute Gasteiger partial charge is 0.225 e. The minimum absolute atomic E-state index is 0.752. The lowest BCUT2D eigenvalue weighted by molar-refractivity contribution is 0.258. The summed E-state index contributed by atoms with van der Waals surface area (Å²) in [6, 6.07) is 2.02. The van der Waals surface area contributed by atoms with Crippen LogP contribution in [0, 0.1) is 0 Å². The van der Waals surface area contributed by atoms with Crippen LogP contribution in [0.5, 0.6) is 0 Å². The molecule has 1 aliphatic rings. The van der Waals surface area contributed by atoms with Crippen LogP contribution in [0.15, 0.2) is 12.3 Å². The number of halogens is 1. The van der Waals surface area contributed by atoms with Gasteiger partial charge in [0.05, 0.1) is 0 Å². The van der Waals surface area contributed by atoms with Gasteiger partial charge in [0.2, 0.25) is 5.95 Å². The van der Waals surface area contributed by atoms with Crippen molar-refractivity contribution in [3.8, 4) is 0 Å². The van der Waals surface area contributed by atoms with E-state index in [1.54, 1.807) is 0 Å². The van der Waals surface area contributed by atoms with E-state index in [0.717, 1.165) is 69.5 Å². The minimum Gasteiger partial charge on any atom is -0.338 e. The van der Waals surface area contributed by atoms with E-state index in [1.807, 2.05) is 12.3 Å². The summed E-state index contributed by atoms with van der Waals surface area (Å²) in [5, 5.41) is 0. The van der Waals surface area contributed by atoms with Crippen molar-refractivity contribution in [3.05, 3.63) is 18.0 Å². The molecule has 5 heteroatoms. The van der Waals surface area contributed by atoms with Gasteiger partial charge in [-0.1, -0.05) is 13.3 Å². The Kier molecular flexibility index (Phi) is 5.86. The molecule has 0 aliphatic carbocycles. The maximum absolute atomic E-state index is 5.74. The monoisotopic (exact) mass is 282 g/mol. The highest BCUT2D eigenvalue weighted by atomic mass is 35.5. The van der Waals surface area contributed by atoms with Crippen LogP contribution >= 0.6 is 11.6 Å². The lowest BCUT2D eigenvalue weighted by atomic mass is 10.2. The second-order valence-electron chi connectivity index (χ2n) is 4.97. The highest BCUT2D eigenvalue weighted by Gasteiger charge is 2.18. The highest BCUT2D eigenvalue weighted by Crippen LogP contribution is 2.12. The molecule has 2 heterocycles. The summed E-state index contributed by atoms with van der Waals surface area (Å²) < 4.78 is 0. The summed E-state index contributed by atoms with van der Waals surface area (Å²) >= 11 is 5.74. The molecule has 1 aliphatic heterocycles. The van der Waals surface area contributed by atoms with Crippen LogP contribution in [-0.4, -0.2) is 53.5 Å². The lowest BCUT2D eigenvalue weighted by Crippen LogP contribution is -2.47. The van der Waals surface area contributed by atoms with Gasteiger partial charge in [0.1, 0.15) is 0 Å². The van der Waals surface area contributed by atoms with Crippen LogP contribution in [0.3, 0.4) is 0 Å². The van der Waals surface area contributed by atoms with Crippen LogP contribution in [0.2, 0.25) is 0 Å². The molecule has 0 bridgehead atoms. The Hall–Kier alpha value is -0.870. The first-order valence-corrected chi connectivity index (χ1v) is 7.72. The molecule has 1 aromatic rings. The Morgan fingerprint density at radius 2 is 2.05 bits per heavy atom. The van der Waals surface area contributed by atoms with Crippen molar-refractivity contribution in [1.82, 2.24) is 14.9 Å². The van der Waals surface area contributed by atoms with Crippen LogP contribution in [0.1, 0.15) is 25.5 Å². The summed E-state index contributed by atoms with van der Waals surface area (Å²) in [4.78, 5) is 13.8. The molecule has 19 heavy (non-hydrogen) atoms. The van der Waals surface area contributed by atoms with E-state index >= 15 is 0 Å². The second-order valence-corrected chi connectivity index (χ2v) is 5.35. The first-order valence-electron chi connectivity index (χ1n) is 7.18. The van der Waals surface area contributed by atoms with Gasteiger partial charge in [0, 0.05) is 43.9 Å². The number of hydrogen-bond donors (Lipinski definition) is 0. The van der Waals surface area contributed by atoms with Gasteiger partial charge < -0.3 is 4.90 Å². The van der Waals surface area contributed by atoms with Gasteiger partial charge in [-0.3, -0.25) is 4.90 Å². The molecule has 106 valence electrons. The van der Waals surface area contributed by atoms with E-state index in [9.17, 15) is 0 Å². The van der Waals surface area contributed by atoms with E-state index in [-0.39, 0.29) is 0 Å². The molecular weight excluding hydrogens is 260 g/mol. The molecule has 0 spiro atoms. The molecule has 4 nitrogen and oxygen atoms in total. The molecule has 2 rings (SSSR count). The summed E-state index contributed by atoms with van der Waals surface area (Å²) in [6.45, 7) is 7.47. The summed E-state index contributed by atoms with van der Waals surface area (Å²) in [5.74, 6) is 1.64. The van der Waals surface area contributed by atoms with Crippen molar-refractivity contribution in [1.29, 1.82) is 0 Å². The predicted octanol–water partition coefficient (Wildman–Crippen LogP) is 2.18. The van der Waals surface area contributed by atoms with Gasteiger partial charge in [-0.25, -0.2) is 9.97 Å². The predicted molar refractivity (Wildman–Crippen MR) is 80.0 cm³/mol. The SMILES string of the molecule is CCCc1ccnc(N2CCN(CCCCl)CC2)n1. The number of hydrogen-bond acceptors (Lipinski definition) is 4. The number of aryl methyl sites for hydroxylation is 1. The van der Waals surface area contributed by atoms with Crippen LogP contribution in [-0.2, 0) is 6.42 Å². The van der Waals surface area contributed by atoms with Crippen molar-refractivity contribution in [3.63, 3.8) is 0 Å². The molecule has 0 atom stereocenters. The van der Waals surface area contributed by atoms with Crippen LogP contribution in [0.4, 0.5) is 5.95 Å². The quantitative estimate of drug-likeness (QED) is 0.749. The van der Waals surface area contributed by atoms with E-state index in [2.05, 4.69) is 26.7 Å². The summed E-state index contributed by atoms with van der Waals surface area (Å²) in [5.41, 5.74) is 1.15. The number of aromatic nitrogens is 2. The standard InChI is InChI=1S/C14H23ClN4/c1-2-4-13-5-7-16-14(17-13)19-11-9-18(10-12-19)8-3-6-15/h5,7H,2-4,6,8-12H2,1H3. The fraction of sp³-hybridized carbons (Fsp3) is 0.714. The van der Waals surface area contributed by atoms with Gasteiger partial charge >= 0.3 is 0 Å². The third-order valence-corrected chi connectivity index (χ3v) is 3.74. The molecular formula is C14H23ClN4. The maximum Gasteiger partial charge on any atom is 0.225 e. The van der Waals surface area contributed by atoms with Crippen molar-refractivity contribution < 1.29 is 0 Å². The number of anilines is 1. The Morgan fingerprint density at radius 3 is 2.74 bits per heavy atom. The normalized spacial score (nSPS) is 16.8. The first-order chi connectivity index (χ1) is 9.33. The van der Waals surface area contributed by atoms with Gasteiger partial charge in [-0.05, 0) is 25.5 Å². The number of nitrogens with zero attached hydrogens (tertiary/aromatic N) is 4. The molecule has 1 aromatic heterocycles. The van der Waals surface area contributed by atoms with E-state index in [0.29, 0.717) is 0 Å². The average Bonchev–Trinajstić information content (AvgIpc) is 2.46.